The van der Waals surface area contributed by atoms with Crippen LogP contribution < -0.4 is 0 Å². The molecular formula is C9H18. The summed E-state index contributed by atoms with van der Waals surface area (Å²) >= 11 is 0. The third-order valence-corrected chi connectivity index (χ3v) is 1.00. The standard InChI is InChI=1S/C9H18/c1-3-9-6-4-8(2)5-7-9/h8-9H,3-7H2,1-2H3/i3D2,4D2,5D2,6D2,7D2,8D,9D. The molecule has 0 aromatic rings. The summed E-state index contributed by atoms with van der Waals surface area (Å²) in [5, 5.41) is 0. The molecule has 0 atom stereocenters. The van der Waals surface area contributed by atoms with Crippen molar-refractivity contribution in [2.75, 3.05) is 0 Å². The summed E-state index contributed by atoms with van der Waals surface area (Å²) in [6, 6.07) is 0. The maximum atomic E-state index is 8.08. The van der Waals surface area contributed by atoms with Crippen molar-refractivity contribution in [3.8, 4) is 0 Å². The van der Waals surface area contributed by atoms with E-state index in [4.69, 9.17) is 16.4 Å². The van der Waals surface area contributed by atoms with Gasteiger partial charge in [-0.05, 0) is 11.8 Å². The van der Waals surface area contributed by atoms with E-state index in [1.165, 1.54) is 0 Å². The number of rotatable bonds is 1. The van der Waals surface area contributed by atoms with Crippen molar-refractivity contribution >= 4 is 0 Å². The van der Waals surface area contributed by atoms with E-state index in [-0.39, 0.29) is 0 Å². The SMILES string of the molecule is [2H]C([2H])(C)C1([2H])C([2H])([2H])C([2H])([2H])C([2H])(C)C([2H])([2H])C1([2H])[2H]. The fourth-order valence-corrected chi connectivity index (χ4v) is 0.500. The van der Waals surface area contributed by atoms with E-state index in [0.717, 1.165) is 6.92 Å². The molecule has 0 radical (unpaired) electrons. The molecule has 0 spiro atoms. The minimum Gasteiger partial charge on any atom is -0.0651 e. The topological polar surface area (TPSA) is 0 Å². The first-order chi connectivity index (χ1) is 8.75. The smallest absolute Gasteiger partial charge is 0.0303 e. The molecule has 1 rings (SSSR count). The van der Waals surface area contributed by atoms with Crippen molar-refractivity contribution in [1.82, 2.24) is 0 Å². The highest BCUT2D eigenvalue weighted by molar-refractivity contribution is 4.68. The lowest BCUT2D eigenvalue weighted by Crippen LogP contribution is -2.10. The normalized spacial score (nSPS) is 96.7. The van der Waals surface area contributed by atoms with Gasteiger partial charge in [-0.25, -0.2) is 0 Å². The molecule has 1 saturated carbocycles. The van der Waals surface area contributed by atoms with E-state index >= 15 is 0 Å². The van der Waals surface area contributed by atoms with Gasteiger partial charge >= 0.3 is 0 Å². The Hall–Kier alpha value is 0. The van der Waals surface area contributed by atoms with Gasteiger partial charge in [-0.1, -0.05) is 45.7 Å². The molecule has 0 heteroatoms. The van der Waals surface area contributed by atoms with Crippen LogP contribution in [0, 0.1) is 11.8 Å². The third-order valence-electron chi connectivity index (χ3n) is 1.00. The van der Waals surface area contributed by atoms with Crippen LogP contribution in [-0.2, 0) is 0 Å². The van der Waals surface area contributed by atoms with Gasteiger partial charge in [0, 0.05) is 16.4 Å². The third kappa shape index (κ3) is 2.00. The minimum atomic E-state index is -3.44. The van der Waals surface area contributed by atoms with Crippen molar-refractivity contribution in [2.24, 2.45) is 11.8 Å². The quantitative estimate of drug-likeness (QED) is 0.522. The number of hydrogen-bond acceptors (Lipinski definition) is 0. The van der Waals surface area contributed by atoms with Crippen molar-refractivity contribution in [1.29, 1.82) is 0 Å². The Labute approximate surface area is 75.5 Å². The molecule has 0 aliphatic heterocycles. The summed E-state index contributed by atoms with van der Waals surface area (Å²) in [7, 11) is 0. The van der Waals surface area contributed by atoms with Crippen LogP contribution in [0.4, 0.5) is 0 Å². The molecule has 0 aromatic heterocycles. The summed E-state index contributed by atoms with van der Waals surface area (Å²) < 4.78 is 93.9. The maximum absolute atomic E-state index is 8.08. The van der Waals surface area contributed by atoms with Crippen LogP contribution in [0.3, 0.4) is 0 Å². The Morgan fingerprint density at radius 2 is 2.11 bits per heavy atom. The maximum Gasteiger partial charge on any atom is 0.0303 e. The summed E-state index contributed by atoms with van der Waals surface area (Å²) in [5.74, 6) is -6.25. The van der Waals surface area contributed by atoms with Crippen LogP contribution >= 0.6 is 0 Å². The highest BCUT2D eigenvalue weighted by Crippen LogP contribution is 2.29. The number of hydrogen-bond donors (Lipinski definition) is 0. The molecule has 0 saturated heterocycles. The molecule has 9 heavy (non-hydrogen) atoms. The zero-order valence-corrected chi connectivity index (χ0v) is 5.50. The lowest BCUT2D eigenvalue weighted by Gasteiger charge is -2.24. The summed E-state index contributed by atoms with van der Waals surface area (Å²) in [6.45, 7) is 1.45. The monoisotopic (exact) mass is 138 g/mol. The lowest BCUT2D eigenvalue weighted by atomic mass is 9.82. The van der Waals surface area contributed by atoms with E-state index in [2.05, 4.69) is 0 Å². The van der Waals surface area contributed by atoms with Crippen LogP contribution in [0.5, 0.6) is 0 Å². The van der Waals surface area contributed by atoms with Gasteiger partial charge in [0.2, 0.25) is 0 Å². The highest BCUT2D eigenvalue weighted by Gasteiger charge is 2.15. The minimum absolute atomic E-state index is 0.717. The van der Waals surface area contributed by atoms with Gasteiger partial charge in [0.15, 0.2) is 0 Å². The molecule has 1 fully saturated rings. The predicted octanol–water partition coefficient (Wildman–Crippen LogP) is 3.22. The van der Waals surface area contributed by atoms with Gasteiger partial charge in [0.1, 0.15) is 0 Å². The second-order valence-corrected chi connectivity index (χ2v) is 1.75. The fourth-order valence-electron chi connectivity index (χ4n) is 0.500. The largest absolute Gasteiger partial charge is 0.0651 e. The second kappa shape index (κ2) is 3.24. The molecule has 0 nitrogen and oxygen atoms in total. The van der Waals surface area contributed by atoms with E-state index < -0.39 is 43.7 Å². The first kappa shape index (κ1) is 1.31. The lowest BCUT2D eigenvalue weighted by molar-refractivity contribution is 0.284. The van der Waals surface area contributed by atoms with Gasteiger partial charge in [0.05, 0.1) is 0 Å². The Morgan fingerprint density at radius 1 is 1.56 bits per heavy atom. The summed E-state index contributed by atoms with van der Waals surface area (Å²) in [6.07, 6.45) is -16.4. The van der Waals surface area contributed by atoms with Crippen LogP contribution in [0.2, 0.25) is 0 Å². The van der Waals surface area contributed by atoms with Gasteiger partial charge in [-0.2, -0.15) is 0 Å². The zero-order valence-electron chi connectivity index (χ0n) is 17.5. The Balaban J connectivity index is 3.93. The Morgan fingerprint density at radius 3 is 2.56 bits per heavy atom. The van der Waals surface area contributed by atoms with Gasteiger partial charge < -0.3 is 0 Å². The van der Waals surface area contributed by atoms with E-state index in [1.807, 2.05) is 0 Å². The van der Waals surface area contributed by atoms with E-state index in [1.54, 1.807) is 0 Å². The molecule has 0 bridgehead atoms. The highest BCUT2D eigenvalue weighted by atomic mass is 14.2. The first-order valence-corrected chi connectivity index (χ1v) is 2.75. The molecule has 0 aromatic carbocycles. The van der Waals surface area contributed by atoms with E-state index in [0.29, 0.717) is 6.92 Å². The molecule has 0 heterocycles. The molecule has 54 valence electrons. The Kier molecular flexibility index (Phi) is 0.470. The molecule has 0 N–H and O–H groups in total. The van der Waals surface area contributed by atoms with Crippen molar-refractivity contribution in [3.63, 3.8) is 0 Å². The van der Waals surface area contributed by atoms with Crippen molar-refractivity contribution in [2.45, 2.75) is 45.7 Å². The Bertz CT molecular complexity index is 412. The molecule has 0 unspecified atom stereocenters. The van der Waals surface area contributed by atoms with E-state index in [9.17, 15) is 0 Å². The van der Waals surface area contributed by atoms with Crippen molar-refractivity contribution < 1.29 is 16.4 Å². The molecule has 1 aliphatic rings. The summed E-state index contributed by atoms with van der Waals surface area (Å²) in [5.41, 5.74) is 0. The van der Waals surface area contributed by atoms with Crippen LogP contribution in [0.1, 0.15) is 62.2 Å². The van der Waals surface area contributed by atoms with Crippen molar-refractivity contribution in [3.05, 3.63) is 0 Å². The van der Waals surface area contributed by atoms with Gasteiger partial charge in [-0.15, -0.1) is 0 Å². The van der Waals surface area contributed by atoms with Gasteiger partial charge in [-0.3, -0.25) is 0 Å². The van der Waals surface area contributed by atoms with Crippen LogP contribution in [-0.4, -0.2) is 0 Å². The average molecular weight is 138 g/mol. The molecular weight excluding hydrogens is 108 g/mol. The van der Waals surface area contributed by atoms with Crippen LogP contribution in [0.15, 0.2) is 0 Å². The average Bonchev–Trinajstić information content (AvgIpc) is 2.23. The predicted molar refractivity (Wildman–Crippen MR) is 41.4 cm³/mol. The first-order valence-electron chi connectivity index (χ1n) is 8.75. The van der Waals surface area contributed by atoms with Crippen LogP contribution in [0.25, 0.3) is 0 Å². The molecule has 0 amide bonds. The van der Waals surface area contributed by atoms with Gasteiger partial charge in [0.25, 0.3) is 0 Å². The summed E-state index contributed by atoms with van der Waals surface area (Å²) in [4.78, 5) is 0. The second-order valence-electron chi connectivity index (χ2n) is 1.75. The molecule has 1 aliphatic carbocycles. The fraction of sp³-hybridized carbons (Fsp3) is 1.00. The zero-order chi connectivity index (χ0) is 17.5.